The molecule has 1 aromatic heterocycles. The number of nitrogens with one attached hydrogen (secondary N) is 2. The molecule has 6 nitrogen and oxygen atoms in total. The zero-order chi connectivity index (χ0) is 20.1. The average molecular weight is 395 g/mol. The van der Waals surface area contributed by atoms with Crippen molar-refractivity contribution in [2.45, 2.75) is 13.3 Å². The van der Waals surface area contributed by atoms with E-state index in [2.05, 4.69) is 15.0 Å². The Morgan fingerprint density at radius 1 is 0.964 bits per heavy atom. The SMILES string of the molecule is Cc1ccc(C(=O)Nc2ccc(Cc3ccncc3)cc2)cc1NS(C)(=O)=O. The van der Waals surface area contributed by atoms with Crippen molar-refractivity contribution in [3.63, 3.8) is 0 Å². The molecule has 0 saturated heterocycles. The maximum Gasteiger partial charge on any atom is 0.255 e. The molecule has 2 aromatic carbocycles. The molecule has 0 saturated carbocycles. The second kappa shape index (κ2) is 8.22. The Hall–Kier alpha value is -3.19. The van der Waals surface area contributed by atoms with E-state index in [1.165, 1.54) is 6.07 Å². The first-order valence-electron chi connectivity index (χ1n) is 8.68. The van der Waals surface area contributed by atoms with Crippen molar-refractivity contribution in [3.05, 3.63) is 89.2 Å². The molecule has 0 aliphatic rings. The number of carbonyl (C=O) groups excluding carboxylic acids is 1. The summed E-state index contributed by atoms with van der Waals surface area (Å²) in [6, 6.07) is 16.4. The molecule has 0 atom stereocenters. The van der Waals surface area contributed by atoms with Crippen LogP contribution in [-0.2, 0) is 16.4 Å². The topological polar surface area (TPSA) is 88.2 Å². The molecule has 3 rings (SSSR count). The molecular weight excluding hydrogens is 374 g/mol. The number of sulfonamides is 1. The van der Waals surface area contributed by atoms with Crippen LogP contribution in [0.3, 0.4) is 0 Å². The third-order valence-corrected chi connectivity index (χ3v) is 4.76. The molecule has 7 heteroatoms. The van der Waals surface area contributed by atoms with E-state index in [0.717, 1.165) is 29.4 Å². The number of hydrogen-bond donors (Lipinski definition) is 2. The molecule has 0 unspecified atom stereocenters. The van der Waals surface area contributed by atoms with E-state index in [1.54, 1.807) is 31.5 Å². The van der Waals surface area contributed by atoms with Gasteiger partial charge in [0.05, 0.1) is 11.9 Å². The van der Waals surface area contributed by atoms with E-state index in [9.17, 15) is 13.2 Å². The summed E-state index contributed by atoms with van der Waals surface area (Å²) in [5.41, 5.74) is 4.46. The molecule has 0 fully saturated rings. The number of rotatable bonds is 6. The minimum Gasteiger partial charge on any atom is -0.322 e. The van der Waals surface area contributed by atoms with Crippen molar-refractivity contribution in [1.82, 2.24) is 4.98 Å². The van der Waals surface area contributed by atoms with E-state index in [0.29, 0.717) is 16.9 Å². The number of nitrogens with zero attached hydrogens (tertiary/aromatic N) is 1. The summed E-state index contributed by atoms with van der Waals surface area (Å²) in [4.78, 5) is 16.5. The molecule has 3 aromatic rings. The van der Waals surface area contributed by atoms with Gasteiger partial charge in [-0.3, -0.25) is 14.5 Å². The van der Waals surface area contributed by atoms with Crippen molar-refractivity contribution < 1.29 is 13.2 Å². The summed E-state index contributed by atoms with van der Waals surface area (Å²) < 4.78 is 25.4. The van der Waals surface area contributed by atoms with Crippen LogP contribution in [0.25, 0.3) is 0 Å². The Balaban J connectivity index is 1.70. The summed E-state index contributed by atoms with van der Waals surface area (Å²) in [5.74, 6) is -0.307. The van der Waals surface area contributed by atoms with Gasteiger partial charge in [-0.1, -0.05) is 18.2 Å². The number of hydrogen-bond acceptors (Lipinski definition) is 4. The van der Waals surface area contributed by atoms with E-state index < -0.39 is 10.0 Å². The van der Waals surface area contributed by atoms with Crippen molar-refractivity contribution in [2.75, 3.05) is 16.3 Å². The van der Waals surface area contributed by atoms with Gasteiger partial charge in [0.15, 0.2) is 0 Å². The van der Waals surface area contributed by atoms with Crippen molar-refractivity contribution >= 4 is 27.3 Å². The Morgan fingerprint density at radius 3 is 2.25 bits per heavy atom. The second-order valence-electron chi connectivity index (χ2n) is 6.59. The fourth-order valence-electron chi connectivity index (χ4n) is 2.72. The van der Waals surface area contributed by atoms with Gasteiger partial charge in [-0.25, -0.2) is 8.42 Å². The summed E-state index contributed by atoms with van der Waals surface area (Å²) in [6.07, 6.45) is 5.39. The summed E-state index contributed by atoms with van der Waals surface area (Å²) in [5, 5.41) is 2.83. The Morgan fingerprint density at radius 2 is 1.61 bits per heavy atom. The van der Waals surface area contributed by atoms with E-state index in [1.807, 2.05) is 36.4 Å². The Bertz CT molecular complexity index is 1080. The van der Waals surface area contributed by atoms with Crippen LogP contribution < -0.4 is 10.0 Å². The lowest BCUT2D eigenvalue weighted by Crippen LogP contribution is -2.14. The highest BCUT2D eigenvalue weighted by atomic mass is 32.2. The van der Waals surface area contributed by atoms with Crippen LogP contribution in [0.15, 0.2) is 67.0 Å². The van der Waals surface area contributed by atoms with E-state index in [-0.39, 0.29) is 5.91 Å². The Labute approximate surface area is 164 Å². The largest absolute Gasteiger partial charge is 0.322 e. The fourth-order valence-corrected chi connectivity index (χ4v) is 3.34. The van der Waals surface area contributed by atoms with Crippen molar-refractivity contribution in [3.8, 4) is 0 Å². The summed E-state index contributed by atoms with van der Waals surface area (Å²) >= 11 is 0. The molecule has 144 valence electrons. The molecular formula is C21H21N3O3S. The van der Waals surface area contributed by atoms with Gasteiger partial charge in [-0.05, 0) is 66.4 Å². The second-order valence-corrected chi connectivity index (χ2v) is 8.34. The maximum absolute atomic E-state index is 12.5. The van der Waals surface area contributed by atoms with Crippen LogP contribution in [0.1, 0.15) is 27.0 Å². The number of amides is 1. The van der Waals surface area contributed by atoms with Crippen LogP contribution in [0.2, 0.25) is 0 Å². The minimum absolute atomic E-state index is 0.307. The van der Waals surface area contributed by atoms with Crippen molar-refractivity contribution in [2.24, 2.45) is 0 Å². The van der Waals surface area contributed by atoms with Gasteiger partial charge in [0.25, 0.3) is 5.91 Å². The van der Waals surface area contributed by atoms with E-state index in [4.69, 9.17) is 0 Å². The first kappa shape index (κ1) is 19.6. The number of pyridine rings is 1. The molecule has 0 aliphatic carbocycles. The number of carbonyl (C=O) groups is 1. The highest BCUT2D eigenvalue weighted by Crippen LogP contribution is 2.20. The lowest BCUT2D eigenvalue weighted by atomic mass is 10.1. The van der Waals surface area contributed by atoms with Crippen LogP contribution in [0.5, 0.6) is 0 Å². The molecule has 0 radical (unpaired) electrons. The number of aromatic nitrogens is 1. The number of anilines is 2. The standard InChI is InChI=1S/C21H21N3O3S/c1-15-3-6-18(14-20(15)24-28(2,26)27)21(25)23-19-7-4-16(5-8-19)13-17-9-11-22-12-10-17/h3-12,14,24H,13H2,1-2H3,(H,23,25). The zero-order valence-electron chi connectivity index (χ0n) is 15.6. The molecule has 0 spiro atoms. The zero-order valence-corrected chi connectivity index (χ0v) is 16.5. The van der Waals surface area contributed by atoms with Gasteiger partial charge >= 0.3 is 0 Å². The maximum atomic E-state index is 12.5. The van der Waals surface area contributed by atoms with Gasteiger partial charge in [0.1, 0.15) is 0 Å². The molecule has 28 heavy (non-hydrogen) atoms. The molecule has 1 heterocycles. The van der Waals surface area contributed by atoms with Crippen LogP contribution in [0.4, 0.5) is 11.4 Å². The molecule has 0 bridgehead atoms. The van der Waals surface area contributed by atoms with Gasteiger partial charge in [-0.2, -0.15) is 0 Å². The minimum atomic E-state index is -3.42. The van der Waals surface area contributed by atoms with Gasteiger partial charge in [0, 0.05) is 23.6 Å². The predicted octanol–water partition coefficient (Wildman–Crippen LogP) is 3.60. The average Bonchev–Trinajstić information content (AvgIpc) is 2.65. The number of aryl methyl sites for hydroxylation is 1. The van der Waals surface area contributed by atoms with Gasteiger partial charge in [-0.15, -0.1) is 0 Å². The van der Waals surface area contributed by atoms with E-state index >= 15 is 0 Å². The normalized spacial score (nSPS) is 11.1. The van der Waals surface area contributed by atoms with Crippen molar-refractivity contribution in [1.29, 1.82) is 0 Å². The molecule has 0 aliphatic heterocycles. The lowest BCUT2D eigenvalue weighted by molar-refractivity contribution is 0.102. The van der Waals surface area contributed by atoms with Gasteiger partial charge < -0.3 is 5.32 Å². The molecule has 1 amide bonds. The smallest absolute Gasteiger partial charge is 0.255 e. The van der Waals surface area contributed by atoms with Crippen LogP contribution in [0, 0.1) is 6.92 Å². The quantitative estimate of drug-likeness (QED) is 0.667. The summed E-state index contributed by atoms with van der Waals surface area (Å²) in [7, 11) is -3.42. The highest BCUT2D eigenvalue weighted by Gasteiger charge is 2.11. The number of benzene rings is 2. The highest BCUT2D eigenvalue weighted by molar-refractivity contribution is 7.92. The lowest BCUT2D eigenvalue weighted by Gasteiger charge is -2.11. The predicted molar refractivity (Wildman–Crippen MR) is 111 cm³/mol. The third-order valence-electron chi connectivity index (χ3n) is 4.16. The first-order valence-corrected chi connectivity index (χ1v) is 10.6. The fraction of sp³-hybridized carbons (Fsp3) is 0.143. The molecule has 2 N–H and O–H groups in total. The summed E-state index contributed by atoms with van der Waals surface area (Å²) in [6.45, 7) is 1.77. The van der Waals surface area contributed by atoms with Crippen LogP contribution in [-0.4, -0.2) is 25.6 Å². The monoisotopic (exact) mass is 395 g/mol. The Kier molecular flexibility index (Phi) is 5.75. The van der Waals surface area contributed by atoms with Crippen LogP contribution >= 0.6 is 0 Å². The first-order chi connectivity index (χ1) is 13.3. The third kappa shape index (κ3) is 5.40. The van der Waals surface area contributed by atoms with Gasteiger partial charge in [0.2, 0.25) is 10.0 Å².